The molecule has 1 aliphatic rings. The Hall–Kier alpha value is -1.58. The first-order valence-electron chi connectivity index (χ1n) is 5.63. The Morgan fingerprint density at radius 1 is 1.38 bits per heavy atom. The van der Waals surface area contributed by atoms with Crippen molar-refractivity contribution in [2.45, 2.75) is 38.0 Å². The Balaban J connectivity index is 2.20. The average Bonchev–Trinajstić information content (AvgIpc) is 2.30. The zero-order chi connectivity index (χ0) is 11.4. The summed E-state index contributed by atoms with van der Waals surface area (Å²) in [4.78, 5) is 14.5. The maximum Gasteiger partial charge on any atom is 0.512 e. The molecule has 1 heterocycles. The van der Waals surface area contributed by atoms with Gasteiger partial charge in [0.25, 0.3) is 0 Å². The van der Waals surface area contributed by atoms with E-state index in [-0.39, 0.29) is 5.88 Å². The zero-order valence-electron chi connectivity index (χ0n) is 9.06. The lowest BCUT2D eigenvalue weighted by Crippen LogP contribution is -2.11. The van der Waals surface area contributed by atoms with Crippen molar-refractivity contribution in [1.29, 1.82) is 0 Å². The van der Waals surface area contributed by atoms with E-state index in [1.54, 1.807) is 6.20 Å². The van der Waals surface area contributed by atoms with Gasteiger partial charge in [0.1, 0.15) is 0 Å². The molecule has 0 atom stereocenters. The SMILES string of the molecule is O=C(O)Oc1ncccc1C1CCCCC1. The van der Waals surface area contributed by atoms with E-state index in [2.05, 4.69) is 4.98 Å². The third-order valence-electron chi connectivity index (χ3n) is 3.03. The average molecular weight is 221 g/mol. The fraction of sp³-hybridized carbons (Fsp3) is 0.500. The standard InChI is InChI=1S/C12H15NO3/c14-12(15)16-11-10(7-4-8-13-11)9-5-2-1-3-6-9/h4,7-9H,1-3,5-6H2,(H,14,15). The molecule has 2 rings (SSSR count). The lowest BCUT2D eigenvalue weighted by molar-refractivity contribution is 0.141. The van der Waals surface area contributed by atoms with E-state index in [9.17, 15) is 4.79 Å². The molecule has 1 aliphatic carbocycles. The number of nitrogens with zero attached hydrogens (tertiary/aromatic N) is 1. The minimum Gasteiger partial charge on any atom is -0.449 e. The molecular formula is C12H15NO3. The first kappa shape index (κ1) is 10.9. The number of ether oxygens (including phenoxy) is 1. The van der Waals surface area contributed by atoms with Crippen LogP contribution in [-0.2, 0) is 0 Å². The molecule has 1 fully saturated rings. The van der Waals surface area contributed by atoms with Crippen LogP contribution in [0.15, 0.2) is 18.3 Å². The molecule has 0 radical (unpaired) electrons. The van der Waals surface area contributed by atoms with Gasteiger partial charge in [-0.25, -0.2) is 9.78 Å². The van der Waals surface area contributed by atoms with Crippen molar-refractivity contribution >= 4 is 6.16 Å². The molecular weight excluding hydrogens is 206 g/mol. The van der Waals surface area contributed by atoms with Crippen molar-refractivity contribution in [3.05, 3.63) is 23.9 Å². The van der Waals surface area contributed by atoms with Crippen LogP contribution < -0.4 is 4.74 Å². The van der Waals surface area contributed by atoms with Gasteiger partial charge in [0, 0.05) is 11.8 Å². The Morgan fingerprint density at radius 2 is 2.12 bits per heavy atom. The lowest BCUT2D eigenvalue weighted by Gasteiger charge is -2.22. The lowest BCUT2D eigenvalue weighted by atomic mass is 9.84. The number of aromatic nitrogens is 1. The molecule has 1 aromatic heterocycles. The summed E-state index contributed by atoms with van der Waals surface area (Å²) in [5.74, 6) is 0.652. The van der Waals surface area contributed by atoms with Gasteiger partial charge in [-0.2, -0.15) is 0 Å². The summed E-state index contributed by atoms with van der Waals surface area (Å²) in [7, 11) is 0. The third-order valence-corrected chi connectivity index (χ3v) is 3.03. The Kier molecular flexibility index (Phi) is 3.39. The van der Waals surface area contributed by atoms with Crippen molar-refractivity contribution in [3.8, 4) is 5.88 Å². The van der Waals surface area contributed by atoms with Gasteiger partial charge < -0.3 is 9.84 Å². The van der Waals surface area contributed by atoms with Crippen molar-refractivity contribution < 1.29 is 14.6 Å². The largest absolute Gasteiger partial charge is 0.512 e. The maximum absolute atomic E-state index is 10.5. The van der Waals surface area contributed by atoms with E-state index in [1.165, 1.54) is 19.3 Å². The normalized spacial score (nSPS) is 17.0. The van der Waals surface area contributed by atoms with Crippen LogP contribution in [-0.4, -0.2) is 16.2 Å². The molecule has 0 spiro atoms. The molecule has 1 aromatic rings. The van der Waals surface area contributed by atoms with Crippen LogP contribution in [0.25, 0.3) is 0 Å². The van der Waals surface area contributed by atoms with Crippen molar-refractivity contribution in [2.24, 2.45) is 0 Å². The van der Waals surface area contributed by atoms with Crippen LogP contribution in [0.3, 0.4) is 0 Å². The summed E-state index contributed by atoms with van der Waals surface area (Å²) >= 11 is 0. The monoisotopic (exact) mass is 221 g/mol. The first-order chi connectivity index (χ1) is 7.77. The third kappa shape index (κ3) is 2.51. The smallest absolute Gasteiger partial charge is 0.449 e. The second-order valence-electron chi connectivity index (χ2n) is 4.10. The number of pyridine rings is 1. The molecule has 0 aliphatic heterocycles. The van der Waals surface area contributed by atoms with Crippen LogP contribution in [0.5, 0.6) is 5.88 Å². The van der Waals surface area contributed by atoms with Gasteiger partial charge in [-0.05, 0) is 24.8 Å². The van der Waals surface area contributed by atoms with Gasteiger partial charge in [-0.1, -0.05) is 25.3 Å². The summed E-state index contributed by atoms with van der Waals surface area (Å²) < 4.78 is 4.70. The second kappa shape index (κ2) is 4.96. The number of hydrogen-bond acceptors (Lipinski definition) is 3. The molecule has 16 heavy (non-hydrogen) atoms. The number of carbonyl (C=O) groups is 1. The summed E-state index contributed by atoms with van der Waals surface area (Å²) in [6.45, 7) is 0. The highest BCUT2D eigenvalue weighted by atomic mass is 16.7. The van der Waals surface area contributed by atoms with Gasteiger partial charge in [0.15, 0.2) is 0 Å². The summed E-state index contributed by atoms with van der Waals surface area (Å²) in [5, 5.41) is 8.63. The maximum atomic E-state index is 10.5. The van der Waals surface area contributed by atoms with Gasteiger partial charge >= 0.3 is 6.16 Å². The van der Waals surface area contributed by atoms with Gasteiger partial charge in [0.2, 0.25) is 5.88 Å². The Labute approximate surface area is 94.3 Å². The highest BCUT2D eigenvalue weighted by molar-refractivity contribution is 5.61. The molecule has 4 heteroatoms. The highest BCUT2D eigenvalue weighted by Crippen LogP contribution is 2.36. The van der Waals surface area contributed by atoms with Crippen LogP contribution in [0.2, 0.25) is 0 Å². The van der Waals surface area contributed by atoms with Crippen LogP contribution in [0.1, 0.15) is 43.6 Å². The predicted octanol–water partition coefficient (Wildman–Crippen LogP) is 3.19. The fourth-order valence-corrected chi connectivity index (χ4v) is 2.30. The van der Waals surface area contributed by atoms with Crippen LogP contribution in [0, 0.1) is 0 Å². The van der Waals surface area contributed by atoms with Gasteiger partial charge in [0.05, 0.1) is 0 Å². The van der Waals surface area contributed by atoms with E-state index in [1.807, 2.05) is 12.1 Å². The van der Waals surface area contributed by atoms with Crippen molar-refractivity contribution in [1.82, 2.24) is 4.98 Å². The molecule has 0 aromatic carbocycles. The molecule has 1 N–H and O–H groups in total. The van der Waals surface area contributed by atoms with E-state index in [0.717, 1.165) is 18.4 Å². The van der Waals surface area contributed by atoms with E-state index >= 15 is 0 Å². The molecule has 0 amide bonds. The molecule has 0 bridgehead atoms. The molecule has 4 nitrogen and oxygen atoms in total. The molecule has 1 saturated carbocycles. The van der Waals surface area contributed by atoms with Gasteiger partial charge in [-0.15, -0.1) is 0 Å². The number of carboxylic acid groups (broad SMARTS) is 1. The number of hydrogen-bond donors (Lipinski definition) is 1. The quantitative estimate of drug-likeness (QED) is 0.779. The van der Waals surface area contributed by atoms with Crippen LogP contribution in [0.4, 0.5) is 4.79 Å². The fourth-order valence-electron chi connectivity index (χ4n) is 2.30. The van der Waals surface area contributed by atoms with Crippen molar-refractivity contribution in [3.63, 3.8) is 0 Å². The van der Waals surface area contributed by atoms with E-state index in [0.29, 0.717) is 5.92 Å². The topological polar surface area (TPSA) is 59.4 Å². The summed E-state index contributed by atoms with van der Waals surface area (Å²) in [6, 6.07) is 3.75. The first-order valence-corrected chi connectivity index (χ1v) is 5.63. The van der Waals surface area contributed by atoms with Crippen molar-refractivity contribution in [2.75, 3.05) is 0 Å². The Bertz CT molecular complexity index is 372. The van der Waals surface area contributed by atoms with Gasteiger partial charge in [-0.3, -0.25) is 0 Å². The van der Waals surface area contributed by atoms with Crippen LogP contribution >= 0.6 is 0 Å². The summed E-state index contributed by atoms with van der Waals surface area (Å²) in [6.07, 6.45) is 6.13. The molecule has 0 unspecified atom stereocenters. The minimum absolute atomic E-state index is 0.252. The highest BCUT2D eigenvalue weighted by Gasteiger charge is 2.20. The summed E-state index contributed by atoms with van der Waals surface area (Å²) in [5.41, 5.74) is 0.935. The zero-order valence-corrected chi connectivity index (χ0v) is 9.06. The molecule has 0 saturated heterocycles. The Morgan fingerprint density at radius 3 is 2.81 bits per heavy atom. The predicted molar refractivity (Wildman–Crippen MR) is 58.7 cm³/mol. The minimum atomic E-state index is -1.30. The number of rotatable bonds is 2. The molecule has 86 valence electrons. The second-order valence-corrected chi connectivity index (χ2v) is 4.10. The van der Waals surface area contributed by atoms with E-state index in [4.69, 9.17) is 9.84 Å². The van der Waals surface area contributed by atoms with E-state index < -0.39 is 6.16 Å².